The number of hydrogen-bond acceptors (Lipinski definition) is 6. The maximum Gasteiger partial charge on any atom is 0.269 e. The van der Waals surface area contributed by atoms with Gasteiger partial charge >= 0.3 is 0 Å². The number of pyridine rings is 1. The van der Waals surface area contributed by atoms with Crippen molar-refractivity contribution in [2.45, 2.75) is 9.24 Å². The van der Waals surface area contributed by atoms with Crippen LogP contribution >= 0.6 is 23.1 Å². The Bertz CT molecular complexity index is 816. The number of nitrogens with zero attached hydrogens (tertiary/aromatic N) is 2. The SMILES string of the molecule is CNC(=O)c1cc(Sc2nc3ccc(N)cc3s2)ccn1. The first-order valence-electron chi connectivity index (χ1n) is 6.18. The molecule has 0 aliphatic heterocycles. The van der Waals surface area contributed by atoms with Crippen LogP contribution in [0.5, 0.6) is 0 Å². The van der Waals surface area contributed by atoms with Gasteiger partial charge in [0.1, 0.15) is 5.69 Å². The molecule has 0 fully saturated rings. The third-order valence-electron chi connectivity index (χ3n) is 2.79. The lowest BCUT2D eigenvalue weighted by Gasteiger charge is -2.01. The van der Waals surface area contributed by atoms with E-state index in [9.17, 15) is 4.79 Å². The standard InChI is InChI=1S/C14H12N4OS2/c1-16-13(19)11-7-9(4-5-17-11)20-14-18-10-3-2-8(15)6-12(10)21-14/h2-7H,15H2,1H3,(H,16,19). The second kappa shape index (κ2) is 5.71. The van der Waals surface area contributed by atoms with Crippen LogP contribution in [0, 0.1) is 0 Å². The number of fused-ring (bicyclic) bond motifs is 1. The van der Waals surface area contributed by atoms with Crippen molar-refractivity contribution in [3.8, 4) is 0 Å². The molecule has 0 unspecified atom stereocenters. The molecule has 0 atom stereocenters. The van der Waals surface area contributed by atoms with E-state index in [4.69, 9.17) is 5.73 Å². The molecule has 3 N–H and O–H groups in total. The van der Waals surface area contributed by atoms with Gasteiger partial charge in [0, 0.05) is 23.8 Å². The summed E-state index contributed by atoms with van der Waals surface area (Å²) >= 11 is 3.09. The van der Waals surface area contributed by atoms with Gasteiger partial charge in [0.25, 0.3) is 5.91 Å². The highest BCUT2D eigenvalue weighted by Gasteiger charge is 2.09. The number of nitrogen functional groups attached to an aromatic ring is 1. The maximum atomic E-state index is 11.6. The number of carbonyl (C=O) groups excluding carboxylic acids is 1. The van der Waals surface area contributed by atoms with Gasteiger partial charge in [0.05, 0.1) is 10.2 Å². The van der Waals surface area contributed by atoms with Crippen molar-refractivity contribution in [2.75, 3.05) is 12.8 Å². The monoisotopic (exact) mass is 316 g/mol. The number of nitrogens with one attached hydrogen (secondary N) is 1. The van der Waals surface area contributed by atoms with Gasteiger partial charge in [-0.1, -0.05) is 11.8 Å². The predicted octanol–water partition coefficient (Wildman–Crippen LogP) is 2.78. The van der Waals surface area contributed by atoms with Crippen molar-refractivity contribution in [2.24, 2.45) is 0 Å². The molecule has 0 aliphatic rings. The van der Waals surface area contributed by atoms with Crippen molar-refractivity contribution >= 4 is 44.9 Å². The van der Waals surface area contributed by atoms with Crippen LogP contribution < -0.4 is 11.1 Å². The lowest BCUT2D eigenvalue weighted by Crippen LogP contribution is -2.18. The van der Waals surface area contributed by atoms with Gasteiger partial charge in [0.15, 0.2) is 4.34 Å². The largest absolute Gasteiger partial charge is 0.399 e. The first-order chi connectivity index (χ1) is 10.2. The van der Waals surface area contributed by atoms with Crippen molar-refractivity contribution < 1.29 is 4.79 Å². The summed E-state index contributed by atoms with van der Waals surface area (Å²) in [4.78, 5) is 21.1. The molecular formula is C14H12N4OS2. The summed E-state index contributed by atoms with van der Waals surface area (Å²) in [5.41, 5.74) is 7.83. The second-order valence-corrected chi connectivity index (χ2v) is 6.62. The number of rotatable bonds is 3. The molecule has 2 aromatic heterocycles. The molecule has 0 saturated carbocycles. The Morgan fingerprint density at radius 2 is 2.19 bits per heavy atom. The van der Waals surface area contributed by atoms with Crippen LogP contribution in [0.2, 0.25) is 0 Å². The lowest BCUT2D eigenvalue weighted by atomic mass is 10.3. The quantitative estimate of drug-likeness (QED) is 0.726. The second-order valence-electron chi connectivity index (χ2n) is 4.26. The van der Waals surface area contributed by atoms with E-state index < -0.39 is 0 Å². The van der Waals surface area contributed by atoms with Crippen LogP contribution in [0.25, 0.3) is 10.2 Å². The molecule has 0 spiro atoms. The minimum absolute atomic E-state index is 0.200. The lowest BCUT2D eigenvalue weighted by molar-refractivity contribution is 0.0958. The average Bonchev–Trinajstić information content (AvgIpc) is 2.88. The van der Waals surface area contributed by atoms with E-state index in [0.29, 0.717) is 5.69 Å². The summed E-state index contributed by atoms with van der Waals surface area (Å²) in [6, 6.07) is 9.28. The van der Waals surface area contributed by atoms with Crippen LogP contribution in [-0.4, -0.2) is 22.9 Å². The fraction of sp³-hybridized carbons (Fsp3) is 0.0714. The van der Waals surface area contributed by atoms with Crippen molar-refractivity contribution in [3.05, 3.63) is 42.2 Å². The van der Waals surface area contributed by atoms with E-state index in [-0.39, 0.29) is 5.91 Å². The average molecular weight is 316 g/mol. The Hall–Kier alpha value is -2.12. The van der Waals surface area contributed by atoms with E-state index in [1.165, 1.54) is 11.8 Å². The number of hydrogen-bond donors (Lipinski definition) is 2. The van der Waals surface area contributed by atoms with Gasteiger partial charge in [-0.05, 0) is 30.3 Å². The molecule has 1 amide bonds. The number of thiazole rings is 1. The van der Waals surface area contributed by atoms with E-state index in [1.807, 2.05) is 24.3 Å². The predicted molar refractivity (Wildman–Crippen MR) is 85.8 cm³/mol. The first kappa shape index (κ1) is 13.8. The van der Waals surface area contributed by atoms with Crippen LogP contribution in [0.3, 0.4) is 0 Å². The molecule has 0 aliphatic carbocycles. The molecule has 5 nitrogen and oxygen atoms in total. The number of aromatic nitrogens is 2. The van der Waals surface area contributed by atoms with Gasteiger partial charge in [-0.15, -0.1) is 11.3 Å². The normalized spacial score (nSPS) is 10.7. The fourth-order valence-electron chi connectivity index (χ4n) is 1.79. The summed E-state index contributed by atoms with van der Waals surface area (Å²) in [6.07, 6.45) is 1.62. The van der Waals surface area contributed by atoms with Gasteiger partial charge in [-0.3, -0.25) is 9.78 Å². The van der Waals surface area contributed by atoms with Gasteiger partial charge < -0.3 is 11.1 Å². The van der Waals surface area contributed by atoms with Gasteiger partial charge in [0.2, 0.25) is 0 Å². The zero-order valence-electron chi connectivity index (χ0n) is 11.2. The zero-order chi connectivity index (χ0) is 14.8. The molecule has 3 rings (SSSR count). The fourth-order valence-corrected chi connectivity index (χ4v) is 3.91. The third kappa shape index (κ3) is 2.98. The van der Waals surface area contributed by atoms with E-state index >= 15 is 0 Å². The highest BCUT2D eigenvalue weighted by atomic mass is 32.2. The molecule has 0 radical (unpaired) electrons. The van der Waals surface area contributed by atoms with Crippen LogP contribution in [-0.2, 0) is 0 Å². The van der Waals surface area contributed by atoms with Gasteiger partial charge in [-0.2, -0.15) is 0 Å². The zero-order valence-corrected chi connectivity index (χ0v) is 12.8. The highest BCUT2D eigenvalue weighted by molar-refractivity contribution is 8.01. The molecule has 0 bridgehead atoms. The molecule has 21 heavy (non-hydrogen) atoms. The Kier molecular flexibility index (Phi) is 3.76. The molecule has 2 heterocycles. The van der Waals surface area contributed by atoms with E-state index in [1.54, 1.807) is 30.6 Å². The molecule has 1 aromatic carbocycles. The van der Waals surface area contributed by atoms with Crippen molar-refractivity contribution in [1.29, 1.82) is 0 Å². The Balaban J connectivity index is 1.89. The number of carbonyl (C=O) groups is 1. The minimum atomic E-state index is -0.200. The third-order valence-corrected chi connectivity index (χ3v) is 4.86. The Morgan fingerprint density at radius 3 is 3.00 bits per heavy atom. The maximum absolute atomic E-state index is 11.6. The topological polar surface area (TPSA) is 80.9 Å². The van der Waals surface area contributed by atoms with Crippen molar-refractivity contribution in [3.63, 3.8) is 0 Å². The first-order valence-corrected chi connectivity index (χ1v) is 7.81. The van der Waals surface area contributed by atoms with Crippen LogP contribution in [0.1, 0.15) is 10.5 Å². The van der Waals surface area contributed by atoms with Crippen LogP contribution in [0.4, 0.5) is 5.69 Å². The van der Waals surface area contributed by atoms with Gasteiger partial charge in [-0.25, -0.2) is 4.98 Å². The Labute approximate surface area is 129 Å². The summed E-state index contributed by atoms with van der Waals surface area (Å²) in [6.45, 7) is 0. The smallest absolute Gasteiger partial charge is 0.269 e. The summed E-state index contributed by atoms with van der Waals surface area (Å²) in [7, 11) is 1.59. The minimum Gasteiger partial charge on any atom is -0.399 e. The van der Waals surface area contributed by atoms with E-state index in [2.05, 4.69) is 15.3 Å². The molecule has 0 saturated heterocycles. The summed E-state index contributed by atoms with van der Waals surface area (Å²) in [5, 5.41) is 2.56. The van der Waals surface area contributed by atoms with Crippen molar-refractivity contribution in [1.82, 2.24) is 15.3 Å². The number of nitrogens with two attached hydrogens (primary N) is 1. The molecule has 3 aromatic rings. The molecule has 7 heteroatoms. The molecule has 106 valence electrons. The number of benzene rings is 1. The summed E-state index contributed by atoms with van der Waals surface area (Å²) < 4.78 is 1.96. The Morgan fingerprint density at radius 1 is 1.33 bits per heavy atom. The summed E-state index contributed by atoms with van der Waals surface area (Å²) in [5.74, 6) is -0.200. The number of amides is 1. The number of anilines is 1. The molecular weight excluding hydrogens is 304 g/mol. The highest BCUT2D eigenvalue weighted by Crippen LogP contribution is 2.35. The van der Waals surface area contributed by atoms with Crippen LogP contribution in [0.15, 0.2) is 45.8 Å². The van der Waals surface area contributed by atoms with E-state index in [0.717, 1.165) is 25.1 Å².